The Kier molecular flexibility index (Phi) is 4.78. The molecule has 0 unspecified atom stereocenters. The van der Waals surface area contributed by atoms with Gasteiger partial charge in [-0.15, -0.1) is 0 Å². The second-order valence-corrected chi connectivity index (χ2v) is 5.02. The number of rotatable bonds is 1. The Balaban J connectivity index is 2.24. The molecule has 1 aromatic carbocycles. The molecule has 1 aliphatic heterocycles. The molecule has 20 heavy (non-hydrogen) atoms. The molecule has 0 saturated carbocycles. The minimum Gasteiger partial charge on any atom is -0.372 e. The van der Waals surface area contributed by atoms with Crippen LogP contribution in [0.5, 0.6) is 0 Å². The predicted molar refractivity (Wildman–Crippen MR) is 78.3 cm³/mol. The van der Waals surface area contributed by atoms with Crippen LogP contribution in [0.1, 0.15) is 29.8 Å². The summed E-state index contributed by atoms with van der Waals surface area (Å²) in [5.74, 6) is 5.77. The van der Waals surface area contributed by atoms with Gasteiger partial charge in [0.1, 0.15) is 0 Å². The first-order chi connectivity index (χ1) is 9.61. The summed E-state index contributed by atoms with van der Waals surface area (Å²) >= 11 is 0. The number of hydrogen-bond donors (Lipinski definition) is 1. The highest BCUT2D eigenvalue weighted by Crippen LogP contribution is 2.16. The smallest absolute Gasteiger partial charge is 0.255 e. The molecule has 0 radical (unpaired) electrons. The van der Waals surface area contributed by atoms with Gasteiger partial charge in [-0.2, -0.15) is 0 Å². The van der Waals surface area contributed by atoms with Crippen molar-refractivity contribution >= 4 is 5.91 Å². The topological polar surface area (TPSA) is 55.6 Å². The van der Waals surface area contributed by atoms with Crippen molar-refractivity contribution in [2.45, 2.75) is 26.1 Å². The number of morpholine rings is 1. The SMILES string of the molecule is C[C@@H]1CN(C(=O)c2ccccc2C#CCN)C[C@H](C)O1. The van der Waals surface area contributed by atoms with Gasteiger partial charge in [-0.05, 0) is 26.0 Å². The van der Waals surface area contributed by atoms with E-state index in [-0.39, 0.29) is 24.7 Å². The molecular formula is C16H20N2O2. The van der Waals surface area contributed by atoms with Gasteiger partial charge in [0.25, 0.3) is 5.91 Å². The fraction of sp³-hybridized carbons (Fsp3) is 0.438. The van der Waals surface area contributed by atoms with E-state index in [4.69, 9.17) is 10.5 Å². The van der Waals surface area contributed by atoms with Crippen molar-refractivity contribution in [2.24, 2.45) is 5.73 Å². The summed E-state index contributed by atoms with van der Waals surface area (Å²) in [6, 6.07) is 7.40. The molecule has 0 spiro atoms. The summed E-state index contributed by atoms with van der Waals surface area (Å²) in [6.07, 6.45) is 0.120. The predicted octanol–water partition coefficient (Wildman–Crippen LogP) is 1.25. The molecule has 0 aliphatic carbocycles. The molecule has 106 valence electrons. The molecular weight excluding hydrogens is 252 g/mol. The lowest BCUT2D eigenvalue weighted by atomic mass is 10.1. The highest BCUT2D eigenvalue weighted by atomic mass is 16.5. The normalized spacial score (nSPS) is 22.1. The molecule has 1 fully saturated rings. The number of carbonyl (C=O) groups is 1. The fourth-order valence-corrected chi connectivity index (χ4v) is 2.44. The van der Waals surface area contributed by atoms with Gasteiger partial charge in [-0.1, -0.05) is 24.0 Å². The lowest BCUT2D eigenvalue weighted by molar-refractivity contribution is -0.0586. The zero-order valence-corrected chi connectivity index (χ0v) is 11.9. The minimum absolute atomic E-state index is 0.00826. The Morgan fingerprint density at radius 3 is 2.65 bits per heavy atom. The van der Waals surface area contributed by atoms with Crippen LogP contribution in [-0.4, -0.2) is 42.6 Å². The largest absolute Gasteiger partial charge is 0.372 e. The molecule has 1 aromatic rings. The first kappa shape index (κ1) is 14.6. The van der Waals surface area contributed by atoms with Crippen LogP contribution in [0.15, 0.2) is 24.3 Å². The van der Waals surface area contributed by atoms with Gasteiger partial charge >= 0.3 is 0 Å². The van der Waals surface area contributed by atoms with Crippen LogP contribution < -0.4 is 5.73 Å². The molecule has 0 aromatic heterocycles. The van der Waals surface area contributed by atoms with E-state index in [9.17, 15) is 4.79 Å². The van der Waals surface area contributed by atoms with Gasteiger partial charge < -0.3 is 15.4 Å². The average Bonchev–Trinajstić information content (AvgIpc) is 2.43. The number of amides is 1. The fourth-order valence-electron chi connectivity index (χ4n) is 2.44. The maximum Gasteiger partial charge on any atom is 0.255 e. The van der Waals surface area contributed by atoms with Gasteiger partial charge in [-0.25, -0.2) is 0 Å². The third kappa shape index (κ3) is 3.38. The van der Waals surface area contributed by atoms with Crippen LogP contribution in [0.25, 0.3) is 0 Å². The molecule has 2 rings (SSSR count). The number of benzene rings is 1. The van der Waals surface area contributed by atoms with Crippen molar-refractivity contribution < 1.29 is 9.53 Å². The second-order valence-electron chi connectivity index (χ2n) is 5.02. The van der Waals surface area contributed by atoms with Crippen LogP contribution in [0.4, 0.5) is 0 Å². The maximum atomic E-state index is 12.6. The third-order valence-corrected chi connectivity index (χ3v) is 3.19. The highest BCUT2D eigenvalue weighted by molar-refractivity contribution is 5.96. The van der Waals surface area contributed by atoms with Crippen LogP contribution in [-0.2, 0) is 4.74 Å². The highest BCUT2D eigenvalue weighted by Gasteiger charge is 2.27. The first-order valence-electron chi connectivity index (χ1n) is 6.84. The van der Waals surface area contributed by atoms with E-state index in [2.05, 4.69) is 11.8 Å². The zero-order valence-electron chi connectivity index (χ0n) is 11.9. The summed E-state index contributed by atoms with van der Waals surface area (Å²) in [7, 11) is 0. The number of carbonyl (C=O) groups excluding carboxylic acids is 1. The van der Waals surface area contributed by atoms with Crippen molar-refractivity contribution in [3.8, 4) is 11.8 Å². The molecule has 0 bridgehead atoms. The van der Waals surface area contributed by atoms with Crippen LogP contribution in [0.3, 0.4) is 0 Å². The monoisotopic (exact) mass is 272 g/mol. The number of ether oxygens (including phenoxy) is 1. The van der Waals surface area contributed by atoms with Crippen LogP contribution >= 0.6 is 0 Å². The summed E-state index contributed by atoms with van der Waals surface area (Å²) in [4.78, 5) is 14.5. The number of hydrogen-bond acceptors (Lipinski definition) is 3. The van der Waals surface area contributed by atoms with E-state index in [1.807, 2.05) is 43.0 Å². The summed E-state index contributed by atoms with van der Waals surface area (Å²) < 4.78 is 5.66. The van der Waals surface area contributed by atoms with Gasteiger partial charge in [0.2, 0.25) is 0 Å². The molecule has 1 aliphatic rings. The number of nitrogens with zero attached hydrogens (tertiary/aromatic N) is 1. The van der Waals surface area contributed by atoms with Crippen molar-refractivity contribution in [1.82, 2.24) is 4.90 Å². The van der Waals surface area contributed by atoms with Gasteiger partial charge in [0.15, 0.2) is 0 Å². The van der Waals surface area contributed by atoms with E-state index in [0.717, 1.165) is 5.56 Å². The van der Waals surface area contributed by atoms with E-state index >= 15 is 0 Å². The average molecular weight is 272 g/mol. The third-order valence-electron chi connectivity index (χ3n) is 3.19. The number of nitrogens with two attached hydrogens (primary N) is 1. The van der Waals surface area contributed by atoms with Crippen LogP contribution in [0, 0.1) is 11.8 Å². The summed E-state index contributed by atoms with van der Waals surface area (Å²) in [5, 5.41) is 0. The van der Waals surface area contributed by atoms with Crippen LogP contribution in [0.2, 0.25) is 0 Å². The molecule has 2 N–H and O–H groups in total. The Morgan fingerprint density at radius 1 is 1.35 bits per heavy atom. The summed E-state index contributed by atoms with van der Waals surface area (Å²) in [6.45, 7) is 5.48. The van der Waals surface area contributed by atoms with Gasteiger partial charge in [0.05, 0.1) is 24.3 Å². The van der Waals surface area contributed by atoms with E-state index in [0.29, 0.717) is 18.7 Å². The second kappa shape index (κ2) is 6.56. The van der Waals surface area contributed by atoms with Gasteiger partial charge in [-0.3, -0.25) is 4.79 Å². The first-order valence-corrected chi connectivity index (χ1v) is 6.84. The summed E-state index contributed by atoms with van der Waals surface area (Å²) in [5.41, 5.74) is 6.76. The maximum absolute atomic E-state index is 12.6. The molecule has 2 atom stereocenters. The molecule has 4 heteroatoms. The quantitative estimate of drug-likeness (QED) is 0.783. The van der Waals surface area contributed by atoms with Crippen molar-refractivity contribution in [2.75, 3.05) is 19.6 Å². The molecule has 1 amide bonds. The lowest BCUT2D eigenvalue weighted by Crippen LogP contribution is -2.48. The van der Waals surface area contributed by atoms with Gasteiger partial charge in [0, 0.05) is 18.7 Å². The van der Waals surface area contributed by atoms with Crippen molar-refractivity contribution in [3.63, 3.8) is 0 Å². The molecule has 1 heterocycles. The molecule has 4 nitrogen and oxygen atoms in total. The van der Waals surface area contributed by atoms with E-state index in [1.54, 1.807) is 0 Å². The Hall–Kier alpha value is -1.83. The van der Waals surface area contributed by atoms with Crippen molar-refractivity contribution in [3.05, 3.63) is 35.4 Å². The minimum atomic E-state index is 0.00826. The molecule has 1 saturated heterocycles. The van der Waals surface area contributed by atoms with Crippen molar-refractivity contribution in [1.29, 1.82) is 0 Å². The lowest BCUT2D eigenvalue weighted by Gasteiger charge is -2.35. The van der Waals surface area contributed by atoms with E-state index < -0.39 is 0 Å². The Bertz CT molecular complexity index is 535. The Morgan fingerprint density at radius 2 is 2.00 bits per heavy atom. The Labute approximate surface area is 119 Å². The standard InChI is InChI=1S/C16H20N2O2/c1-12-10-18(11-13(2)20-12)16(19)15-8-4-3-6-14(15)7-5-9-17/h3-4,6,8,12-13H,9-11,17H2,1-2H3/t12-,13+. The van der Waals surface area contributed by atoms with E-state index in [1.165, 1.54) is 0 Å². The zero-order chi connectivity index (χ0) is 14.5.